The van der Waals surface area contributed by atoms with Gasteiger partial charge in [-0.25, -0.2) is 0 Å². The van der Waals surface area contributed by atoms with Crippen LogP contribution < -0.4 is 31.7 Å². The molecule has 1 aromatic rings. The average molecular weight is 506 g/mol. The molecule has 5 amide bonds. The quantitative estimate of drug-likeness (QED) is 0.292. The molecule has 0 bridgehead atoms. The highest BCUT2D eigenvalue weighted by Crippen LogP contribution is 2.18. The van der Waals surface area contributed by atoms with E-state index in [2.05, 4.69) is 21.3 Å². The van der Waals surface area contributed by atoms with Crippen LogP contribution >= 0.6 is 0 Å². The summed E-state index contributed by atoms with van der Waals surface area (Å²) in [7, 11) is 1.55. The lowest BCUT2D eigenvalue weighted by molar-refractivity contribution is -0.130. The number of fused-ring (bicyclic) bond motifs is 1. The van der Waals surface area contributed by atoms with Gasteiger partial charge in [-0.15, -0.1) is 0 Å². The number of primary amides is 1. The number of carbonyl (C=O) groups is 5. The minimum Gasteiger partial charge on any atom is -0.493 e. The highest BCUT2D eigenvalue weighted by molar-refractivity contribution is 5.99. The van der Waals surface area contributed by atoms with Gasteiger partial charge in [-0.3, -0.25) is 24.0 Å². The molecule has 198 valence electrons. The smallest absolute Gasteiger partial charge is 0.255 e. The number of nitrogens with one attached hydrogen (secondary N) is 4. The standard InChI is InChI=1S/C24H35N5O7/c1-35-14-4-12-26-24(34)18-9-11-21(31)28-17(8-10-20(25)30)23(33)27-13-5-15-36-19-7-3-2-6-16(19)22(32)29-18/h2-3,6-7,17-18H,4-5,8-15H2,1H3,(H2,25,30)(H,26,34)(H,27,33)(H,28,31)(H,29,32)/t17-,18-/m0/s1. The van der Waals surface area contributed by atoms with E-state index in [9.17, 15) is 24.0 Å². The molecular weight excluding hydrogens is 470 g/mol. The van der Waals surface area contributed by atoms with Crippen LogP contribution in [0.25, 0.3) is 0 Å². The predicted molar refractivity (Wildman–Crippen MR) is 130 cm³/mol. The number of methoxy groups -OCH3 is 1. The van der Waals surface area contributed by atoms with E-state index < -0.39 is 41.6 Å². The molecule has 12 heteroatoms. The van der Waals surface area contributed by atoms with Crippen molar-refractivity contribution in [2.45, 2.75) is 50.6 Å². The average Bonchev–Trinajstić information content (AvgIpc) is 2.85. The van der Waals surface area contributed by atoms with Crippen LogP contribution in [-0.4, -0.2) is 75.0 Å². The summed E-state index contributed by atoms with van der Waals surface area (Å²) < 4.78 is 10.7. The molecule has 0 spiro atoms. The lowest BCUT2D eigenvalue weighted by atomic mass is 10.1. The molecule has 2 rings (SSSR count). The van der Waals surface area contributed by atoms with Gasteiger partial charge < -0.3 is 36.5 Å². The third kappa shape index (κ3) is 9.90. The molecule has 0 aliphatic carbocycles. The molecule has 1 aliphatic heterocycles. The van der Waals surface area contributed by atoms with Crippen LogP contribution in [0.3, 0.4) is 0 Å². The first-order valence-electron chi connectivity index (χ1n) is 12.0. The van der Waals surface area contributed by atoms with Gasteiger partial charge in [0, 0.05) is 39.6 Å². The van der Waals surface area contributed by atoms with Crippen LogP contribution in [0.2, 0.25) is 0 Å². The van der Waals surface area contributed by atoms with Crippen molar-refractivity contribution in [1.29, 1.82) is 0 Å². The number of nitrogens with two attached hydrogens (primary N) is 1. The van der Waals surface area contributed by atoms with Gasteiger partial charge in [-0.1, -0.05) is 12.1 Å². The number of ether oxygens (including phenoxy) is 2. The van der Waals surface area contributed by atoms with Gasteiger partial charge in [0.1, 0.15) is 17.8 Å². The summed E-state index contributed by atoms with van der Waals surface area (Å²) in [6.45, 7) is 1.27. The molecule has 36 heavy (non-hydrogen) atoms. The molecule has 0 unspecified atom stereocenters. The van der Waals surface area contributed by atoms with Gasteiger partial charge >= 0.3 is 0 Å². The minimum absolute atomic E-state index is 0.0130. The van der Waals surface area contributed by atoms with Crippen LogP contribution in [0.4, 0.5) is 0 Å². The van der Waals surface area contributed by atoms with Gasteiger partial charge in [-0.2, -0.15) is 0 Å². The number of para-hydroxylation sites is 1. The Bertz CT molecular complexity index is 924. The van der Waals surface area contributed by atoms with E-state index in [0.29, 0.717) is 31.7 Å². The largest absolute Gasteiger partial charge is 0.493 e. The molecule has 1 aliphatic rings. The van der Waals surface area contributed by atoms with Crippen LogP contribution in [0, 0.1) is 0 Å². The van der Waals surface area contributed by atoms with E-state index in [1.54, 1.807) is 31.4 Å². The Kier molecular flexibility index (Phi) is 12.2. The van der Waals surface area contributed by atoms with Crippen molar-refractivity contribution in [3.8, 4) is 5.75 Å². The first-order valence-corrected chi connectivity index (χ1v) is 12.0. The Labute approximate surface area is 210 Å². The third-order valence-corrected chi connectivity index (χ3v) is 5.45. The predicted octanol–water partition coefficient (Wildman–Crippen LogP) is -0.633. The van der Waals surface area contributed by atoms with Gasteiger partial charge in [0.25, 0.3) is 5.91 Å². The van der Waals surface area contributed by atoms with Crippen LogP contribution in [0.1, 0.15) is 48.9 Å². The van der Waals surface area contributed by atoms with E-state index in [4.69, 9.17) is 15.2 Å². The zero-order valence-electron chi connectivity index (χ0n) is 20.5. The summed E-state index contributed by atoms with van der Waals surface area (Å²) in [6.07, 6.45) is 0.814. The van der Waals surface area contributed by atoms with E-state index in [1.807, 2.05) is 0 Å². The summed E-state index contributed by atoms with van der Waals surface area (Å²) in [4.78, 5) is 62.3. The summed E-state index contributed by atoms with van der Waals surface area (Å²) in [5, 5.41) is 10.7. The van der Waals surface area contributed by atoms with Crippen molar-refractivity contribution in [2.75, 3.05) is 33.4 Å². The summed E-state index contributed by atoms with van der Waals surface area (Å²) in [5.74, 6) is -2.16. The molecule has 0 fully saturated rings. The number of hydrogen-bond donors (Lipinski definition) is 5. The summed E-state index contributed by atoms with van der Waals surface area (Å²) in [5.41, 5.74) is 5.45. The Morgan fingerprint density at radius 1 is 1.19 bits per heavy atom. The normalized spacial score (nSPS) is 19.6. The van der Waals surface area contributed by atoms with Crippen molar-refractivity contribution < 1.29 is 33.4 Å². The number of benzene rings is 1. The lowest BCUT2D eigenvalue weighted by Crippen LogP contribution is -2.49. The molecule has 0 saturated heterocycles. The monoisotopic (exact) mass is 505 g/mol. The third-order valence-electron chi connectivity index (χ3n) is 5.45. The molecule has 0 aromatic heterocycles. The molecule has 2 atom stereocenters. The van der Waals surface area contributed by atoms with Crippen molar-refractivity contribution in [3.63, 3.8) is 0 Å². The summed E-state index contributed by atoms with van der Waals surface area (Å²) in [6, 6.07) is 4.66. The van der Waals surface area contributed by atoms with Crippen molar-refractivity contribution in [3.05, 3.63) is 29.8 Å². The molecule has 0 saturated carbocycles. The fourth-order valence-corrected chi connectivity index (χ4v) is 3.52. The second kappa shape index (κ2) is 15.4. The van der Waals surface area contributed by atoms with Crippen LogP contribution in [-0.2, 0) is 23.9 Å². The fraction of sp³-hybridized carbons (Fsp3) is 0.542. The van der Waals surface area contributed by atoms with Gasteiger partial charge in [0.05, 0.1) is 12.2 Å². The molecule has 0 radical (unpaired) electrons. The van der Waals surface area contributed by atoms with Crippen LogP contribution in [0.5, 0.6) is 5.75 Å². The zero-order chi connectivity index (χ0) is 26.3. The maximum atomic E-state index is 13.0. The Morgan fingerprint density at radius 2 is 1.97 bits per heavy atom. The Hall–Kier alpha value is -3.67. The van der Waals surface area contributed by atoms with E-state index in [-0.39, 0.29) is 44.4 Å². The van der Waals surface area contributed by atoms with Crippen molar-refractivity contribution in [2.24, 2.45) is 5.73 Å². The minimum atomic E-state index is -1.01. The van der Waals surface area contributed by atoms with E-state index >= 15 is 0 Å². The van der Waals surface area contributed by atoms with E-state index in [0.717, 1.165) is 0 Å². The Balaban J connectivity index is 2.21. The second-order valence-electron chi connectivity index (χ2n) is 8.32. The van der Waals surface area contributed by atoms with E-state index in [1.165, 1.54) is 0 Å². The molecular formula is C24H35N5O7. The Morgan fingerprint density at radius 3 is 2.72 bits per heavy atom. The van der Waals surface area contributed by atoms with Crippen molar-refractivity contribution in [1.82, 2.24) is 21.3 Å². The SMILES string of the molecule is COCCCNC(=O)[C@@H]1CCC(=O)N[C@@H](CCC(N)=O)C(=O)NCCCOc2ccccc2C(=O)N1. The van der Waals surface area contributed by atoms with Crippen LogP contribution in [0.15, 0.2) is 24.3 Å². The first-order chi connectivity index (χ1) is 17.3. The lowest BCUT2D eigenvalue weighted by Gasteiger charge is -2.22. The molecule has 1 aromatic carbocycles. The highest BCUT2D eigenvalue weighted by Gasteiger charge is 2.26. The maximum absolute atomic E-state index is 13.0. The number of hydrogen-bond acceptors (Lipinski definition) is 7. The van der Waals surface area contributed by atoms with Crippen molar-refractivity contribution >= 4 is 29.5 Å². The molecule has 12 nitrogen and oxygen atoms in total. The molecule has 1 heterocycles. The second-order valence-corrected chi connectivity index (χ2v) is 8.32. The van der Waals surface area contributed by atoms with Gasteiger partial charge in [-0.05, 0) is 37.8 Å². The topological polar surface area (TPSA) is 178 Å². The number of carbonyl (C=O) groups excluding carboxylic acids is 5. The number of rotatable bonds is 8. The van der Waals surface area contributed by atoms with Gasteiger partial charge in [0.2, 0.25) is 23.6 Å². The fourth-order valence-electron chi connectivity index (χ4n) is 3.52. The summed E-state index contributed by atoms with van der Waals surface area (Å²) >= 11 is 0. The number of amides is 5. The first kappa shape index (κ1) is 28.6. The van der Waals surface area contributed by atoms with Gasteiger partial charge in [0.15, 0.2) is 0 Å². The molecule has 6 N–H and O–H groups in total. The highest BCUT2D eigenvalue weighted by atomic mass is 16.5. The maximum Gasteiger partial charge on any atom is 0.255 e. The zero-order valence-corrected chi connectivity index (χ0v) is 20.5.